The van der Waals surface area contributed by atoms with Gasteiger partial charge in [-0.1, -0.05) is 48.5 Å². The highest BCUT2D eigenvalue weighted by Crippen LogP contribution is 2.42. The molecule has 3 aromatic carbocycles. The van der Waals surface area contributed by atoms with Crippen LogP contribution in [0.2, 0.25) is 0 Å². The molecule has 1 N–H and O–H groups in total. The van der Waals surface area contributed by atoms with Crippen LogP contribution in [0.1, 0.15) is 11.1 Å². The van der Waals surface area contributed by atoms with E-state index in [0.29, 0.717) is 5.75 Å². The van der Waals surface area contributed by atoms with Crippen LogP contribution < -0.4 is 0 Å². The first kappa shape index (κ1) is 9.72. The number of rotatable bonds is 0. The predicted molar refractivity (Wildman–Crippen MR) is 73.9 cm³/mol. The van der Waals surface area contributed by atoms with Gasteiger partial charge < -0.3 is 5.11 Å². The molecule has 3 aromatic rings. The van der Waals surface area contributed by atoms with E-state index in [1.807, 2.05) is 12.1 Å². The van der Waals surface area contributed by atoms with Gasteiger partial charge in [-0.2, -0.15) is 0 Å². The molecule has 0 unspecified atom stereocenters. The van der Waals surface area contributed by atoms with Crippen LogP contribution in [-0.2, 0) is 6.42 Å². The minimum atomic E-state index is 0.361. The first-order valence-electron chi connectivity index (χ1n) is 6.16. The normalized spacial score (nSPS) is 12.4. The van der Waals surface area contributed by atoms with E-state index in [0.717, 1.165) is 17.2 Å². The van der Waals surface area contributed by atoms with Gasteiger partial charge in [0.2, 0.25) is 0 Å². The van der Waals surface area contributed by atoms with Crippen molar-refractivity contribution in [3.05, 3.63) is 65.7 Å². The highest BCUT2D eigenvalue weighted by molar-refractivity contribution is 6.03. The van der Waals surface area contributed by atoms with Gasteiger partial charge in [-0.25, -0.2) is 0 Å². The lowest BCUT2D eigenvalue weighted by Crippen LogP contribution is -1.82. The maximum absolute atomic E-state index is 9.95. The molecule has 0 radical (unpaired) electrons. The fourth-order valence-electron chi connectivity index (χ4n) is 2.98. The van der Waals surface area contributed by atoms with Crippen LogP contribution in [0, 0.1) is 0 Å². The molecule has 0 aliphatic heterocycles. The second kappa shape index (κ2) is 3.36. The molecule has 0 saturated carbocycles. The van der Waals surface area contributed by atoms with Gasteiger partial charge in [-0.3, -0.25) is 0 Å². The third-order valence-corrected chi connectivity index (χ3v) is 3.79. The van der Waals surface area contributed by atoms with Crippen LogP contribution in [0.4, 0.5) is 0 Å². The molecule has 1 aliphatic carbocycles. The van der Waals surface area contributed by atoms with Crippen LogP contribution in [0.3, 0.4) is 0 Å². The summed E-state index contributed by atoms with van der Waals surface area (Å²) in [6, 6.07) is 18.4. The molecule has 0 amide bonds. The van der Waals surface area contributed by atoms with Crippen molar-refractivity contribution in [2.45, 2.75) is 6.42 Å². The summed E-state index contributed by atoms with van der Waals surface area (Å²) in [5, 5.41) is 12.0. The standard InChI is InChI=1S/C17H12O/c18-16-7-3-6-15-14(16)9-8-12-10-11-4-1-2-5-13(11)17(12)15/h1-9,18H,10H2. The SMILES string of the molecule is Oc1cccc2c3c(ccc12)Cc1ccccc1-3. The molecule has 0 aromatic heterocycles. The highest BCUT2D eigenvalue weighted by Gasteiger charge is 2.20. The van der Waals surface area contributed by atoms with Gasteiger partial charge >= 0.3 is 0 Å². The predicted octanol–water partition coefficient (Wildman–Crippen LogP) is 4.12. The molecule has 0 heterocycles. The van der Waals surface area contributed by atoms with E-state index in [2.05, 4.69) is 36.4 Å². The van der Waals surface area contributed by atoms with Crippen molar-refractivity contribution in [2.75, 3.05) is 0 Å². The molecule has 86 valence electrons. The van der Waals surface area contributed by atoms with Crippen molar-refractivity contribution < 1.29 is 5.11 Å². The molecule has 1 heteroatoms. The van der Waals surface area contributed by atoms with Gasteiger partial charge in [0, 0.05) is 5.39 Å². The minimum Gasteiger partial charge on any atom is -0.507 e. The van der Waals surface area contributed by atoms with Crippen molar-refractivity contribution >= 4 is 10.8 Å². The molecule has 1 aliphatic rings. The summed E-state index contributed by atoms with van der Waals surface area (Å²) in [6.45, 7) is 0. The van der Waals surface area contributed by atoms with Crippen LogP contribution in [0.25, 0.3) is 21.9 Å². The Balaban J connectivity index is 2.17. The van der Waals surface area contributed by atoms with Crippen LogP contribution in [0.5, 0.6) is 5.75 Å². The highest BCUT2D eigenvalue weighted by atomic mass is 16.3. The minimum absolute atomic E-state index is 0.361. The molecular formula is C17H12O. The van der Waals surface area contributed by atoms with Crippen LogP contribution >= 0.6 is 0 Å². The number of phenolic OH excluding ortho intramolecular Hbond substituents is 1. The number of aromatic hydroxyl groups is 1. The van der Waals surface area contributed by atoms with Crippen molar-refractivity contribution in [3.8, 4) is 16.9 Å². The number of benzene rings is 3. The van der Waals surface area contributed by atoms with E-state index in [1.54, 1.807) is 6.07 Å². The summed E-state index contributed by atoms with van der Waals surface area (Å²) in [7, 11) is 0. The Hall–Kier alpha value is -2.28. The van der Waals surface area contributed by atoms with Crippen LogP contribution in [-0.4, -0.2) is 5.11 Å². The molecule has 4 rings (SSSR count). The van der Waals surface area contributed by atoms with Gasteiger partial charge in [-0.05, 0) is 40.1 Å². The molecule has 0 bridgehead atoms. The lowest BCUT2D eigenvalue weighted by molar-refractivity contribution is 0.481. The molecule has 0 spiro atoms. The Bertz CT molecular complexity index is 772. The average molecular weight is 232 g/mol. The van der Waals surface area contributed by atoms with Gasteiger partial charge in [0.1, 0.15) is 5.75 Å². The number of phenols is 1. The topological polar surface area (TPSA) is 20.2 Å². The summed E-state index contributed by atoms with van der Waals surface area (Å²) in [5.74, 6) is 0.361. The first-order chi connectivity index (χ1) is 8.84. The molecule has 1 nitrogen and oxygen atoms in total. The third-order valence-electron chi connectivity index (χ3n) is 3.79. The van der Waals surface area contributed by atoms with E-state index in [4.69, 9.17) is 0 Å². The molecule has 0 saturated heterocycles. The molecule has 18 heavy (non-hydrogen) atoms. The van der Waals surface area contributed by atoms with E-state index in [1.165, 1.54) is 22.3 Å². The molecular weight excluding hydrogens is 220 g/mol. The monoisotopic (exact) mass is 232 g/mol. The van der Waals surface area contributed by atoms with E-state index in [9.17, 15) is 5.11 Å². The Morgan fingerprint density at radius 2 is 1.61 bits per heavy atom. The van der Waals surface area contributed by atoms with E-state index in [-0.39, 0.29) is 0 Å². The van der Waals surface area contributed by atoms with Gasteiger partial charge in [0.05, 0.1) is 0 Å². The number of fused-ring (bicyclic) bond motifs is 5. The van der Waals surface area contributed by atoms with Gasteiger partial charge in [-0.15, -0.1) is 0 Å². The fraction of sp³-hybridized carbons (Fsp3) is 0.0588. The number of hydrogen-bond acceptors (Lipinski definition) is 1. The number of hydrogen-bond donors (Lipinski definition) is 1. The Morgan fingerprint density at radius 3 is 2.56 bits per heavy atom. The average Bonchev–Trinajstić information content (AvgIpc) is 2.77. The zero-order valence-electron chi connectivity index (χ0n) is 9.85. The molecule has 0 fully saturated rings. The maximum atomic E-state index is 9.95. The summed E-state index contributed by atoms with van der Waals surface area (Å²) in [5.41, 5.74) is 5.33. The summed E-state index contributed by atoms with van der Waals surface area (Å²) in [4.78, 5) is 0. The summed E-state index contributed by atoms with van der Waals surface area (Å²) in [6.07, 6.45) is 0.997. The van der Waals surface area contributed by atoms with Gasteiger partial charge in [0.25, 0.3) is 0 Å². The summed E-state index contributed by atoms with van der Waals surface area (Å²) >= 11 is 0. The van der Waals surface area contributed by atoms with Crippen LogP contribution in [0.15, 0.2) is 54.6 Å². The second-order valence-corrected chi connectivity index (χ2v) is 4.81. The Kier molecular flexibility index (Phi) is 1.81. The van der Waals surface area contributed by atoms with Crippen molar-refractivity contribution in [2.24, 2.45) is 0 Å². The van der Waals surface area contributed by atoms with Crippen molar-refractivity contribution in [3.63, 3.8) is 0 Å². The maximum Gasteiger partial charge on any atom is 0.123 e. The second-order valence-electron chi connectivity index (χ2n) is 4.81. The Labute approximate surface area is 105 Å². The lowest BCUT2D eigenvalue weighted by atomic mass is 9.97. The first-order valence-corrected chi connectivity index (χ1v) is 6.16. The van der Waals surface area contributed by atoms with Gasteiger partial charge in [0.15, 0.2) is 0 Å². The smallest absolute Gasteiger partial charge is 0.123 e. The largest absolute Gasteiger partial charge is 0.507 e. The molecule has 0 atom stereocenters. The van der Waals surface area contributed by atoms with Crippen molar-refractivity contribution in [1.82, 2.24) is 0 Å². The van der Waals surface area contributed by atoms with E-state index >= 15 is 0 Å². The Morgan fingerprint density at radius 1 is 0.722 bits per heavy atom. The van der Waals surface area contributed by atoms with E-state index < -0.39 is 0 Å². The quantitative estimate of drug-likeness (QED) is 0.483. The fourth-order valence-corrected chi connectivity index (χ4v) is 2.98. The zero-order valence-corrected chi connectivity index (χ0v) is 9.85. The lowest BCUT2D eigenvalue weighted by Gasteiger charge is -2.07. The van der Waals surface area contributed by atoms with Crippen molar-refractivity contribution in [1.29, 1.82) is 0 Å². The zero-order chi connectivity index (χ0) is 12.1. The third kappa shape index (κ3) is 1.16. The summed E-state index contributed by atoms with van der Waals surface area (Å²) < 4.78 is 0.